The number of nitrogens with zero attached hydrogens (tertiary/aromatic N) is 1. The summed E-state index contributed by atoms with van der Waals surface area (Å²) in [5, 5.41) is 9.10. The number of benzene rings is 1. The summed E-state index contributed by atoms with van der Waals surface area (Å²) in [7, 11) is 0. The van der Waals surface area contributed by atoms with Crippen molar-refractivity contribution >= 4 is 18.2 Å². The Morgan fingerprint density at radius 3 is 2.39 bits per heavy atom. The van der Waals surface area contributed by atoms with Gasteiger partial charge < -0.3 is 28.5 Å². The first-order valence-electron chi connectivity index (χ1n) is 9.70. The molecule has 0 radical (unpaired) electrons. The molecule has 1 aliphatic rings. The molecule has 17 heteroatoms. The average molecular weight is 533 g/mol. The molecule has 0 saturated carbocycles. The largest absolute Gasteiger partial charge is 0.573 e. The van der Waals surface area contributed by atoms with E-state index in [0.29, 0.717) is 12.1 Å². The zero-order chi connectivity index (χ0) is 27.3. The summed E-state index contributed by atoms with van der Waals surface area (Å²) in [5.41, 5.74) is -1.59. The number of esters is 1. The van der Waals surface area contributed by atoms with E-state index >= 15 is 0 Å². The maximum atomic E-state index is 13.5. The van der Waals surface area contributed by atoms with Gasteiger partial charge in [0.25, 0.3) is 5.09 Å². The van der Waals surface area contributed by atoms with Crippen molar-refractivity contribution < 1.29 is 69.5 Å². The van der Waals surface area contributed by atoms with Crippen molar-refractivity contribution in [3.05, 3.63) is 38.9 Å². The van der Waals surface area contributed by atoms with Gasteiger partial charge in [0.1, 0.15) is 17.6 Å². The molecule has 0 bridgehead atoms. The van der Waals surface area contributed by atoms with Crippen LogP contribution in [0.15, 0.2) is 17.7 Å². The van der Waals surface area contributed by atoms with Crippen LogP contribution in [0.25, 0.3) is 6.08 Å². The lowest BCUT2D eigenvalue weighted by Gasteiger charge is -2.29. The second-order valence-corrected chi connectivity index (χ2v) is 7.07. The molecule has 0 aliphatic carbocycles. The molecule has 1 aromatic carbocycles. The number of hydrogen-bond donors (Lipinski definition) is 0. The molecule has 36 heavy (non-hydrogen) atoms. The molecule has 200 valence electrons. The van der Waals surface area contributed by atoms with Crippen molar-refractivity contribution in [3.8, 4) is 11.5 Å². The molecule has 2 atom stereocenters. The SMILES string of the molecule is Cc1cc(OC(F)(F)F)cc2c1O[C@H](C(F)(F)F)C(C(=O)OCOC(=O)OCCC(C)O[N+](=O)[O-])=C2. The quantitative estimate of drug-likeness (QED) is 0.149. The molecule has 2 rings (SSSR count). The van der Waals surface area contributed by atoms with Crippen molar-refractivity contribution in [2.24, 2.45) is 0 Å². The highest BCUT2D eigenvalue weighted by molar-refractivity contribution is 5.96. The van der Waals surface area contributed by atoms with Crippen LogP contribution in [-0.4, -0.2) is 55.4 Å². The second kappa shape index (κ2) is 11.2. The Balaban J connectivity index is 2.07. The van der Waals surface area contributed by atoms with Crippen molar-refractivity contribution in [2.75, 3.05) is 13.4 Å². The van der Waals surface area contributed by atoms with Gasteiger partial charge in [0.05, 0.1) is 12.2 Å². The highest BCUT2D eigenvalue weighted by Gasteiger charge is 2.49. The number of halogens is 6. The molecule has 11 nitrogen and oxygen atoms in total. The van der Waals surface area contributed by atoms with Crippen LogP contribution in [0, 0.1) is 17.0 Å². The molecule has 0 aromatic heterocycles. The number of rotatable bonds is 9. The Labute approximate surface area is 197 Å². The summed E-state index contributed by atoms with van der Waals surface area (Å²) >= 11 is 0. The van der Waals surface area contributed by atoms with Gasteiger partial charge in [-0.25, -0.2) is 9.59 Å². The van der Waals surface area contributed by atoms with E-state index in [9.17, 15) is 46.0 Å². The first-order chi connectivity index (χ1) is 16.6. The third kappa shape index (κ3) is 8.38. The Bertz CT molecular complexity index is 1020. The van der Waals surface area contributed by atoms with E-state index in [4.69, 9.17) is 4.74 Å². The third-order valence-electron chi connectivity index (χ3n) is 4.25. The first kappa shape index (κ1) is 28.3. The number of alkyl halides is 6. The van der Waals surface area contributed by atoms with Gasteiger partial charge in [0.2, 0.25) is 12.9 Å². The monoisotopic (exact) mass is 533 g/mol. The summed E-state index contributed by atoms with van der Waals surface area (Å²) in [4.78, 5) is 38.0. The van der Waals surface area contributed by atoms with Gasteiger partial charge in [0, 0.05) is 12.0 Å². The van der Waals surface area contributed by atoms with E-state index in [1.807, 2.05) is 0 Å². The van der Waals surface area contributed by atoms with Crippen LogP contribution < -0.4 is 9.47 Å². The summed E-state index contributed by atoms with van der Waals surface area (Å²) in [6.45, 7) is 0.906. The van der Waals surface area contributed by atoms with Crippen LogP contribution in [0.1, 0.15) is 24.5 Å². The summed E-state index contributed by atoms with van der Waals surface area (Å²) in [5.74, 6) is -2.84. The minimum atomic E-state index is -5.13. The van der Waals surface area contributed by atoms with E-state index in [0.717, 1.165) is 6.07 Å². The lowest BCUT2D eigenvalue weighted by atomic mass is 9.99. The van der Waals surface area contributed by atoms with Crippen molar-refractivity contribution in [2.45, 2.75) is 45.0 Å². The molecule has 0 spiro atoms. The molecular formula is C19H17F6NO10. The highest BCUT2D eigenvalue weighted by atomic mass is 19.4. The predicted molar refractivity (Wildman–Crippen MR) is 102 cm³/mol. The maximum Gasteiger partial charge on any atom is 0.573 e. The van der Waals surface area contributed by atoms with Crippen molar-refractivity contribution in [3.63, 3.8) is 0 Å². The average Bonchev–Trinajstić information content (AvgIpc) is 2.70. The summed E-state index contributed by atoms with van der Waals surface area (Å²) in [6.07, 6.45) is -14.9. The van der Waals surface area contributed by atoms with E-state index in [2.05, 4.69) is 23.8 Å². The number of carbonyl (C=O) groups excluding carboxylic acids is 2. The van der Waals surface area contributed by atoms with Crippen LogP contribution in [-0.2, 0) is 23.8 Å². The number of ether oxygens (including phenoxy) is 5. The molecule has 1 heterocycles. The molecule has 1 aromatic rings. The van der Waals surface area contributed by atoms with E-state index in [-0.39, 0.29) is 17.5 Å². The van der Waals surface area contributed by atoms with Crippen molar-refractivity contribution in [1.82, 2.24) is 0 Å². The fraction of sp³-hybridized carbons (Fsp3) is 0.474. The predicted octanol–water partition coefficient (Wildman–Crippen LogP) is 4.24. The van der Waals surface area contributed by atoms with E-state index in [1.165, 1.54) is 13.8 Å². The standard InChI is InChI=1S/C19H17F6NO10/c1-9-5-12(35-19(23,24)25)6-11-7-13(15(18(20,21)22)34-14(9)11)16(27)32-8-33-17(28)31-4-3-10(2)36-26(29)30/h5-7,10,15H,3-4,8H2,1-2H3/t10?,15-/m0/s1. The van der Waals surface area contributed by atoms with Crippen LogP contribution >= 0.6 is 0 Å². The third-order valence-corrected chi connectivity index (χ3v) is 4.25. The van der Waals surface area contributed by atoms with Gasteiger partial charge in [-0.2, -0.15) is 13.2 Å². The van der Waals surface area contributed by atoms with Gasteiger partial charge in [0.15, 0.2) is 0 Å². The molecule has 0 fully saturated rings. The Kier molecular flexibility index (Phi) is 8.82. The Hall–Kier alpha value is -3.92. The minimum Gasteiger partial charge on any atom is -0.475 e. The number of hydrogen-bond acceptors (Lipinski definition) is 10. The van der Waals surface area contributed by atoms with Gasteiger partial charge in [-0.1, -0.05) is 0 Å². The highest BCUT2D eigenvalue weighted by Crippen LogP contribution is 2.41. The van der Waals surface area contributed by atoms with Gasteiger partial charge in [-0.15, -0.1) is 23.3 Å². The molecule has 0 N–H and O–H groups in total. The van der Waals surface area contributed by atoms with E-state index in [1.54, 1.807) is 0 Å². The van der Waals surface area contributed by atoms with Gasteiger partial charge in [-0.3, -0.25) is 0 Å². The van der Waals surface area contributed by atoms with Crippen LogP contribution in [0.5, 0.6) is 11.5 Å². The van der Waals surface area contributed by atoms with Crippen LogP contribution in [0.3, 0.4) is 0 Å². The smallest absolute Gasteiger partial charge is 0.475 e. The van der Waals surface area contributed by atoms with Gasteiger partial charge >= 0.3 is 24.7 Å². The number of carbonyl (C=O) groups is 2. The Morgan fingerprint density at radius 2 is 1.81 bits per heavy atom. The summed E-state index contributed by atoms with van der Waals surface area (Å²) in [6, 6.07) is 1.52. The molecule has 0 amide bonds. The normalized spacial score (nSPS) is 16.0. The fourth-order valence-corrected chi connectivity index (χ4v) is 2.83. The minimum absolute atomic E-state index is 0.105. The zero-order valence-corrected chi connectivity index (χ0v) is 18.3. The first-order valence-corrected chi connectivity index (χ1v) is 9.70. The fourth-order valence-electron chi connectivity index (χ4n) is 2.83. The molecule has 1 aliphatic heterocycles. The second-order valence-electron chi connectivity index (χ2n) is 7.07. The van der Waals surface area contributed by atoms with E-state index < -0.39 is 72.4 Å². The lowest BCUT2D eigenvalue weighted by molar-refractivity contribution is -0.767. The number of fused-ring (bicyclic) bond motifs is 1. The molecule has 0 saturated heterocycles. The Morgan fingerprint density at radius 1 is 1.14 bits per heavy atom. The van der Waals surface area contributed by atoms with Crippen molar-refractivity contribution in [1.29, 1.82) is 0 Å². The van der Waals surface area contributed by atoms with Crippen LogP contribution in [0.4, 0.5) is 31.1 Å². The topological polar surface area (TPSA) is 133 Å². The number of aryl methyl sites for hydroxylation is 1. The summed E-state index contributed by atoms with van der Waals surface area (Å²) < 4.78 is 100. The molecular weight excluding hydrogens is 516 g/mol. The zero-order valence-electron chi connectivity index (χ0n) is 18.3. The van der Waals surface area contributed by atoms with Gasteiger partial charge in [-0.05, 0) is 37.6 Å². The molecule has 1 unspecified atom stereocenters. The lowest BCUT2D eigenvalue weighted by Crippen LogP contribution is -2.41. The maximum absolute atomic E-state index is 13.5. The van der Waals surface area contributed by atoms with Crippen LogP contribution in [0.2, 0.25) is 0 Å².